The van der Waals surface area contributed by atoms with Crippen LogP contribution in [0.4, 0.5) is 8.78 Å². The maximum Gasteiger partial charge on any atom is 0.308 e. The standard InChI is InChI=1S/C12H9F2NO2S/c1-6-15-12(10(18-6)5-11(16)17)8-3-2-7(13)4-9(8)14/h2-4H,5H2,1H3,(H,16,17). The number of thiazole rings is 1. The van der Waals surface area contributed by atoms with Gasteiger partial charge in [-0.15, -0.1) is 11.3 Å². The SMILES string of the molecule is Cc1nc(-c2ccc(F)cc2F)c(CC(=O)O)s1. The van der Waals surface area contributed by atoms with E-state index in [9.17, 15) is 13.6 Å². The number of nitrogens with zero attached hydrogens (tertiary/aromatic N) is 1. The van der Waals surface area contributed by atoms with Gasteiger partial charge >= 0.3 is 5.97 Å². The van der Waals surface area contributed by atoms with Crippen molar-refractivity contribution in [1.82, 2.24) is 4.98 Å². The number of benzene rings is 1. The first-order chi connectivity index (χ1) is 8.47. The van der Waals surface area contributed by atoms with Crippen LogP contribution in [0.3, 0.4) is 0 Å². The molecule has 2 rings (SSSR count). The molecule has 6 heteroatoms. The monoisotopic (exact) mass is 269 g/mol. The summed E-state index contributed by atoms with van der Waals surface area (Å²) in [7, 11) is 0. The number of aromatic nitrogens is 1. The van der Waals surface area contributed by atoms with Crippen LogP contribution in [0.25, 0.3) is 11.3 Å². The highest BCUT2D eigenvalue weighted by atomic mass is 32.1. The number of aliphatic carboxylic acids is 1. The number of hydrogen-bond acceptors (Lipinski definition) is 3. The third-order valence-corrected chi connectivity index (χ3v) is 3.27. The van der Waals surface area contributed by atoms with Crippen LogP contribution in [0.2, 0.25) is 0 Å². The number of hydrogen-bond donors (Lipinski definition) is 1. The van der Waals surface area contributed by atoms with Gasteiger partial charge in [-0.05, 0) is 19.1 Å². The summed E-state index contributed by atoms with van der Waals surface area (Å²) in [4.78, 5) is 15.3. The second-order valence-electron chi connectivity index (χ2n) is 3.70. The second kappa shape index (κ2) is 4.81. The molecule has 0 saturated heterocycles. The predicted molar refractivity (Wildman–Crippen MR) is 63.5 cm³/mol. The van der Waals surface area contributed by atoms with Crippen LogP contribution >= 0.6 is 11.3 Å². The van der Waals surface area contributed by atoms with Crippen molar-refractivity contribution < 1.29 is 18.7 Å². The Hall–Kier alpha value is -1.82. The van der Waals surface area contributed by atoms with E-state index in [0.717, 1.165) is 12.1 Å². The molecular weight excluding hydrogens is 260 g/mol. The van der Waals surface area contributed by atoms with E-state index in [1.165, 1.54) is 17.4 Å². The molecule has 0 aliphatic heterocycles. The van der Waals surface area contributed by atoms with Crippen molar-refractivity contribution in [2.45, 2.75) is 13.3 Å². The van der Waals surface area contributed by atoms with E-state index in [1.807, 2.05) is 0 Å². The van der Waals surface area contributed by atoms with E-state index in [-0.39, 0.29) is 17.7 Å². The van der Waals surface area contributed by atoms with Crippen molar-refractivity contribution in [3.05, 3.63) is 39.7 Å². The number of rotatable bonds is 3. The zero-order valence-electron chi connectivity index (χ0n) is 9.41. The fourth-order valence-corrected chi connectivity index (χ4v) is 2.56. The fraction of sp³-hybridized carbons (Fsp3) is 0.167. The van der Waals surface area contributed by atoms with Crippen molar-refractivity contribution in [2.75, 3.05) is 0 Å². The third-order valence-electron chi connectivity index (χ3n) is 2.30. The Labute approximate surface area is 106 Å². The quantitative estimate of drug-likeness (QED) is 0.931. The summed E-state index contributed by atoms with van der Waals surface area (Å²) in [6.45, 7) is 1.71. The molecule has 0 aliphatic carbocycles. The van der Waals surface area contributed by atoms with E-state index in [0.29, 0.717) is 9.88 Å². The number of carboxylic acids is 1. The minimum atomic E-state index is -1.01. The third kappa shape index (κ3) is 2.53. The van der Waals surface area contributed by atoms with Crippen molar-refractivity contribution in [2.24, 2.45) is 0 Å². The van der Waals surface area contributed by atoms with Crippen LogP contribution < -0.4 is 0 Å². The Morgan fingerprint density at radius 1 is 1.44 bits per heavy atom. The number of carbonyl (C=O) groups is 1. The summed E-state index contributed by atoms with van der Waals surface area (Å²) in [5, 5.41) is 9.43. The Kier molecular flexibility index (Phi) is 3.38. The Balaban J connectivity index is 2.52. The van der Waals surface area contributed by atoms with Crippen LogP contribution in [-0.4, -0.2) is 16.1 Å². The lowest BCUT2D eigenvalue weighted by atomic mass is 10.1. The number of carboxylic acid groups (broad SMARTS) is 1. The first-order valence-electron chi connectivity index (χ1n) is 5.11. The zero-order valence-corrected chi connectivity index (χ0v) is 10.2. The van der Waals surface area contributed by atoms with Gasteiger partial charge in [-0.25, -0.2) is 13.8 Å². The minimum absolute atomic E-state index is 0.122. The molecule has 0 amide bonds. The largest absolute Gasteiger partial charge is 0.481 e. The molecular formula is C12H9F2NO2S. The molecule has 0 radical (unpaired) electrons. The van der Waals surface area contributed by atoms with Crippen LogP contribution in [0.5, 0.6) is 0 Å². The lowest BCUT2D eigenvalue weighted by Crippen LogP contribution is -2.00. The van der Waals surface area contributed by atoms with Crippen LogP contribution in [0.15, 0.2) is 18.2 Å². The average Bonchev–Trinajstić information content (AvgIpc) is 2.58. The molecule has 0 fully saturated rings. The van der Waals surface area contributed by atoms with Gasteiger partial charge in [0.15, 0.2) is 0 Å². The molecule has 2 aromatic rings. The lowest BCUT2D eigenvalue weighted by Gasteiger charge is -2.02. The summed E-state index contributed by atoms with van der Waals surface area (Å²) in [6, 6.07) is 3.15. The van der Waals surface area contributed by atoms with Gasteiger partial charge in [-0.2, -0.15) is 0 Å². The molecule has 1 aromatic heterocycles. The van der Waals surface area contributed by atoms with Crippen molar-refractivity contribution in [3.63, 3.8) is 0 Å². The summed E-state index contributed by atoms with van der Waals surface area (Å²) in [5.41, 5.74) is 0.398. The van der Waals surface area contributed by atoms with Gasteiger partial charge in [0.1, 0.15) is 11.6 Å². The average molecular weight is 269 g/mol. The highest BCUT2D eigenvalue weighted by Crippen LogP contribution is 2.30. The van der Waals surface area contributed by atoms with E-state index in [2.05, 4.69) is 4.98 Å². The molecule has 0 bridgehead atoms. The highest BCUT2D eigenvalue weighted by molar-refractivity contribution is 7.12. The van der Waals surface area contributed by atoms with Gasteiger partial charge in [0.05, 0.1) is 17.1 Å². The molecule has 0 aliphatic rings. The molecule has 1 heterocycles. The molecule has 0 spiro atoms. The fourth-order valence-electron chi connectivity index (χ4n) is 1.62. The molecule has 0 saturated carbocycles. The molecule has 1 N–H and O–H groups in total. The Morgan fingerprint density at radius 3 is 2.78 bits per heavy atom. The van der Waals surface area contributed by atoms with E-state index < -0.39 is 17.6 Å². The van der Waals surface area contributed by atoms with Gasteiger partial charge in [-0.3, -0.25) is 4.79 Å². The molecule has 94 valence electrons. The molecule has 18 heavy (non-hydrogen) atoms. The lowest BCUT2D eigenvalue weighted by molar-refractivity contribution is -0.136. The van der Waals surface area contributed by atoms with Crippen molar-refractivity contribution in [1.29, 1.82) is 0 Å². The summed E-state index contributed by atoms with van der Waals surface area (Å²) >= 11 is 1.20. The summed E-state index contributed by atoms with van der Waals surface area (Å²) in [5.74, 6) is -2.43. The van der Waals surface area contributed by atoms with Gasteiger partial charge in [0, 0.05) is 16.5 Å². The molecule has 3 nitrogen and oxygen atoms in total. The van der Waals surface area contributed by atoms with Crippen LogP contribution in [0.1, 0.15) is 9.88 Å². The normalized spacial score (nSPS) is 10.6. The zero-order chi connectivity index (χ0) is 13.3. The van der Waals surface area contributed by atoms with Crippen molar-refractivity contribution >= 4 is 17.3 Å². The van der Waals surface area contributed by atoms with E-state index >= 15 is 0 Å². The summed E-state index contributed by atoms with van der Waals surface area (Å²) < 4.78 is 26.5. The van der Waals surface area contributed by atoms with Crippen LogP contribution in [-0.2, 0) is 11.2 Å². The van der Waals surface area contributed by atoms with Crippen molar-refractivity contribution in [3.8, 4) is 11.3 Å². The second-order valence-corrected chi connectivity index (χ2v) is 4.99. The first-order valence-corrected chi connectivity index (χ1v) is 5.92. The Morgan fingerprint density at radius 2 is 2.17 bits per heavy atom. The topological polar surface area (TPSA) is 50.2 Å². The number of aryl methyl sites for hydroxylation is 1. The highest BCUT2D eigenvalue weighted by Gasteiger charge is 2.17. The number of halogens is 2. The first kappa shape index (κ1) is 12.6. The Bertz CT molecular complexity index is 610. The van der Waals surface area contributed by atoms with Gasteiger partial charge in [0.25, 0.3) is 0 Å². The predicted octanol–water partition coefficient (Wildman–Crippen LogP) is 3.02. The van der Waals surface area contributed by atoms with Gasteiger partial charge in [0.2, 0.25) is 0 Å². The van der Waals surface area contributed by atoms with Crippen LogP contribution in [0, 0.1) is 18.6 Å². The molecule has 0 unspecified atom stereocenters. The van der Waals surface area contributed by atoms with Gasteiger partial charge in [-0.1, -0.05) is 0 Å². The minimum Gasteiger partial charge on any atom is -0.481 e. The molecule has 1 aromatic carbocycles. The van der Waals surface area contributed by atoms with E-state index in [4.69, 9.17) is 5.11 Å². The van der Waals surface area contributed by atoms with E-state index in [1.54, 1.807) is 6.92 Å². The maximum atomic E-state index is 13.6. The van der Waals surface area contributed by atoms with Gasteiger partial charge < -0.3 is 5.11 Å². The maximum absolute atomic E-state index is 13.6. The summed E-state index contributed by atoms with van der Waals surface area (Å²) in [6.07, 6.45) is -0.225. The molecule has 0 atom stereocenters. The smallest absolute Gasteiger partial charge is 0.308 e.